The highest BCUT2D eigenvalue weighted by molar-refractivity contribution is 7.89. The standard InChI is InChI=1S/C22H26ClN3O4S/c23-19-9-7-18(8-10-19)22(28)24-12-11-21(27)25-16-17-5-4-6-20(15-17)31(29,30)26-13-2-1-3-14-26/h4-10,15H,1-3,11-14,16H2,(H,24,28)(H,25,27). The van der Waals surface area contributed by atoms with Crippen LogP contribution >= 0.6 is 11.6 Å². The summed E-state index contributed by atoms with van der Waals surface area (Å²) >= 11 is 5.80. The lowest BCUT2D eigenvalue weighted by Crippen LogP contribution is -2.35. The first-order valence-electron chi connectivity index (χ1n) is 10.3. The lowest BCUT2D eigenvalue weighted by atomic mass is 10.2. The smallest absolute Gasteiger partial charge is 0.251 e. The maximum atomic E-state index is 12.8. The van der Waals surface area contributed by atoms with Crippen molar-refractivity contribution in [2.45, 2.75) is 37.1 Å². The highest BCUT2D eigenvalue weighted by Crippen LogP contribution is 2.21. The predicted octanol–water partition coefficient (Wildman–Crippen LogP) is 2.95. The lowest BCUT2D eigenvalue weighted by Gasteiger charge is -2.26. The Kier molecular flexibility index (Phi) is 8.06. The molecule has 2 N–H and O–H groups in total. The highest BCUT2D eigenvalue weighted by Gasteiger charge is 2.25. The second-order valence-corrected chi connectivity index (χ2v) is 9.78. The van der Waals surface area contributed by atoms with Crippen molar-refractivity contribution in [1.82, 2.24) is 14.9 Å². The zero-order valence-electron chi connectivity index (χ0n) is 17.1. The number of halogens is 1. The SMILES string of the molecule is O=C(CCNC(=O)c1ccc(Cl)cc1)NCc1cccc(S(=O)(=O)N2CCCCC2)c1. The molecule has 1 heterocycles. The summed E-state index contributed by atoms with van der Waals surface area (Å²) in [6.45, 7) is 1.50. The van der Waals surface area contributed by atoms with Crippen molar-refractivity contribution in [3.8, 4) is 0 Å². The van der Waals surface area contributed by atoms with Gasteiger partial charge in [0.15, 0.2) is 0 Å². The summed E-state index contributed by atoms with van der Waals surface area (Å²) in [4.78, 5) is 24.4. The first kappa shape index (κ1) is 23.2. The van der Waals surface area contributed by atoms with Gasteiger partial charge in [0, 0.05) is 43.2 Å². The molecule has 2 aromatic rings. The molecule has 1 saturated heterocycles. The summed E-state index contributed by atoms with van der Waals surface area (Å²) in [5.74, 6) is -0.513. The van der Waals surface area contributed by atoms with Crippen LogP contribution in [-0.2, 0) is 21.4 Å². The van der Waals surface area contributed by atoms with Crippen molar-refractivity contribution in [2.24, 2.45) is 0 Å². The average molecular weight is 464 g/mol. The van der Waals surface area contributed by atoms with Gasteiger partial charge in [-0.1, -0.05) is 30.2 Å². The van der Waals surface area contributed by atoms with Gasteiger partial charge >= 0.3 is 0 Å². The van der Waals surface area contributed by atoms with Crippen molar-refractivity contribution in [3.05, 3.63) is 64.7 Å². The van der Waals surface area contributed by atoms with Crippen LogP contribution in [0.1, 0.15) is 41.6 Å². The molecular formula is C22H26ClN3O4S. The van der Waals surface area contributed by atoms with Crippen LogP contribution in [-0.4, -0.2) is 44.2 Å². The van der Waals surface area contributed by atoms with Gasteiger partial charge < -0.3 is 10.6 Å². The monoisotopic (exact) mass is 463 g/mol. The molecule has 0 atom stereocenters. The molecule has 31 heavy (non-hydrogen) atoms. The topological polar surface area (TPSA) is 95.6 Å². The van der Waals surface area contributed by atoms with E-state index in [1.165, 1.54) is 4.31 Å². The molecule has 1 aliphatic heterocycles. The molecule has 0 unspecified atom stereocenters. The molecule has 1 fully saturated rings. The second kappa shape index (κ2) is 10.7. The van der Waals surface area contributed by atoms with E-state index in [9.17, 15) is 18.0 Å². The minimum atomic E-state index is -3.51. The first-order valence-corrected chi connectivity index (χ1v) is 12.1. The van der Waals surface area contributed by atoms with Crippen LogP contribution in [0.3, 0.4) is 0 Å². The van der Waals surface area contributed by atoms with Gasteiger partial charge in [0.1, 0.15) is 0 Å². The fourth-order valence-electron chi connectivity index (χ4n) is 3.35. The van der Waals surface area contributed by atoms with Crippen molar-refractivity contribution >= 4 is 33.4 Å². The number of benzene rings is 2. The number of piperidine rings is 1. The third kappa shape index (κ3) is 6.53. The average Bonchev–Trinajstić information content (AvgIpc) is 2.79. The number of nitrogens with zero attached hydrogens (tertiary/aromatic N) is 1. The number of carbonyl (C=O) groups is 2. The third-order valence-corrected chi connectivity index (χ3v) is 7.23. The number of nitrogens with one attached hydrogen (secondary N) is 2. The molecule has 166 valence electrons. The number of hydrogen-bond acceptors (Lipinski definition) is 4. The van der Waals surface area contributed by atoms with Crippen LogP contribution in [0.5, 0.6) is 0 Å². The molecule has 0 aliphatic carbocycles. The van der Waals surface area contributed by atoms with E-state index in [1.54, 1.807) is 48.5 Å². The van der Waals surface area contributed by atoms with Crippen LogP contribution in [0, 0.1) is 0 Å². The molecule has 7 nitrogen and oxygen atoms in total. The Labute approximate surface area is 187 Å². The summed E-state index contributed by atoms with van der Waals surface area (Å²) in [7, 11) is -3.51. The van der Waals surface area contributed by atoms with Gasteiger partial charge in [-0.3, -0.25) is 9.59 Å². The number of rotatable bonds is 8. The Morgan fingerprint density at radius 2 is 1.68 bits per heavy atom. The summed E-state index contributed by atoms with van der Waals surface area (Å²) in [6, 6.07) is 13.1. The Balaban J connectivity index is 1.47. The first-order chi connectivity index (χ1) is 14.9. The van der Waals surface area contributed by atoms with Gasteiger partial charge in [-0.15, -0.1) is 0 Å². The van der Waals surface area contributed by atoms with Gasteiger partial charge in [-0.2, -0.15) is 4.31 Å². The molecule has 0 aromatic heterocycles. The number of hydrogen-bond donors (Lipinski definition) is 2. The Bertz CT molecular complexity index is 1020. The third-order valence-electron chi connectivity index (χ3n) is 5.08. The summed E-state index contributed by atoms with van der Waals surface area (Å²) in [5.41, 5.74) is 1.17. The van der Waals surface area contributed by atoms with Gasteiger partial charge in [0.25, 0.3) is 5.91 Å². The van der Waals surface area contributed by atoms with E-state index in [4.69, 9.17) is 11.6 Å². The summed E-state index contributed by atoms with van der Waals surface area (Å²) in [6.07, 6.45) is 2.93. The minimum Gasteiger partial charge on any atom is -0.352 e. The zero-order valence-corrected chi connectivity index (χ0v) is 18.7. The molecular weight excluding hydrogens is 438 g/mol. The van der Waals surface area contributed by atoms with Crippen LogP contribution in [0.2, 0.25) is 5.02 Å². The summed E-state index contributed by atoms with van der Waals surface area (Å²) < 4.78 is 27.1. The molecule has 2 amide bonds. The highest BCUT2D eigenvalue weighted by atomic mass is 35.5. The van der Waals surface area contributed by atoms with Crippen molar-refractivity contribution < 1.29 is 18.0 Å². The number of amides is 2. The van der Waals surface area contributed by atoms with Crippen LogP contribution in [0.25, 0.3) is 0 Å². The van der Waals surface area contributed by atoms with E-state index < -0.39 is 10.0 Å². The Hall–Kier alpha value is -2.42. The van der Waals surface area contributed by atoms with Crippen molar-refractivity contribution in [3.63, 3.8) is 0 Å². The molecule has 2 aromatic carbocycles. The van der Waals surface area contributed by atoms with Gasteiger partial charge in [-0.25, -0.2) is 8.42 Å². The quantitative estimate of drug-likeness (QED) is 0.629. The fraction of sp³-hybridized carbons (Fsp3) is 0.364. The lowest BCUT2D eigenvalue weighted by molar-refractivity contribution is -0.121. The number of sulfonamides is 1. The zero-order chi connectivity index (χ0) is 22.3. The normalized spacial score (nSPS) is 14.7. The Morgan fingerprint density at radius 3 is 2.39 bits per heavy atom. The largest absolute Gasteiger partial charge is 0.352 e. The maximum Gasteiger partial charge on any atom is 0.251 e. The molecule has 0 radical (unpaired) electrons. The van der Waals surface area contributed by atoms with Crippen LogP contribution < -0.4 is 10.6 Å². The van der Waals surface area contributed by atoms with E-state index in [0.29, 0.717) is 29.2 Å². The predicted molar refractivity (Wildman–Crippen MR) is 119 cm³/mol. The van der Waals surface area contributed by atoms with Gasteiger partial charge in [0.2, 0.25) is 15.9 Å². The van der Waals surface area contributed by atoms with E-state index >= 15 is 0 Å². The maximum absolute atomic E-state index is 12.8. The molecule has 0 saturated carbocycles. The molecule has 0 spiro atoms. The van der Waals surface area contributed by atoms with Gasteiger partial charge in [-0.05, 0) is 54.8 Å². The Morgan fingerprint density at radius 1 is 0.968 bits per heavy atom. The summed E-state index contributed by atoms with van der Waals surface area (Å²) in [5, 5.41) is 5.99. The molecule has 1 aliphatic rings. The van der Waals surface area contributed by atoms with Crippen LogP contribution in [0.4, 0.5) is 0 Å². The van der Waals surface area contributed by atoms with Crippen LogP contribution in [0.15, 0.2) is 53.4 Å². The minimum absolute atomic E-state index is 0.116. The second-order valence-electron chi connectivity index (χ2n) is 7.40. The van der Waals surface area contributed by atoms with E-state index in [2.05, 4.69) is 10.6 Å². The van der Waals surface area contributed by atoms with E-state index in [-0.39, 0.29) is 36.2 Å². The molecule has 9 heteroatoms. The van der Waals surface area contributed by atoms with E-state index in [0.717, 1.165) is 19.3 Å². The van der Waals surface area contributed by atoms with Crippen molar-refractivity contribution in [1.29, 1.82) is 0 Å². The molecule has 3 rings (SSSR count). The van der Waals surface area contributed by atoms with Crippen molar-refractivity contribution in [2.75, 3.05) is 19.6 Å². The molecule has 0 bridgehead atoms. The van der Waals surface area contributed by atoms with E-state index in [1.807, 2.05) is 0 Å². The number of carbonyl (C=O) groups excluding carboxylic acids is 2. The fourth-order valence-corrected chi connectivity index (χ4v) is 5.07. The van der Waals surface area contributed by atoms with Gasteiger partial charge in [0.05, 0.1) is 4.90 Å².